The molecule has 7 heteroatoms. The number of hydrogen-bond donors (Lipinski definition) is 3. The third kappa shape index (κ3) is 2.87. The predicted molar refractivity (Wildman–Crippen MR) is 63.2 cm³/mol. The number of halogens is 1. The molecule has 1 aliphatic rings. The van der Waals surface area contributed by atoms with E-state index in [4.69, 9.17) is 5.11 Å². The first-order valence-electron chi connectivity index (χ1n) is 5.60. The molecule has 0 unspecified atom stereocenters. The molecule has 1 aromatic rings. The summed E-state index contributed by atoms with van der Waals surface area (Å²) in [7, 11) is 0. The smallest absolute Gasteiger partial charge is 0.335 e. The topological polar surface area (TPSA) is 95.5 Å². The highest BCUT2D eigenvalue weighted by molar-refractivity contribution is 5.99. The van der Waals surface area contributed by atoms with Crippen LogP contribution in [-0.4, -0.2) is 28.9 Å². The van der Waals surface area contributed by atoms with Crippen molar-refractivity contribution in [2.24, 2.45) is 0 Å². The Morgan fingerprint density at radius 1 is 1.42 bits per heavy atom. The Kier molecular flexibility index (Phi) is 3.46. The summed E-state index contributed by atoms with van der Waals surface area (Å²) >= 11 is 0. The largest absolute Gasteiger partial charge is 0.478 e. The number of aromatic carboxylic acids is 1. The Morgan fingerprint density at radius 3 is 2.68 bits per heavy atom. The lowest BCUT2D eigenvalue weighted by molar-refractivity contribution is -0.122. The third-order valence-electron chi connectivity index (χ3n) is 2.79. The third-order valence-corrected chi connectivity index (χ3v) is 2.79. The van der Waals surface area contributed by atoms with Gasteiger partial charge in [-0.3, -0.25) is 9.59 Å². The van der Waals surface area contributed by atoms with Gasteiger partial charge in [0, 0.05) is 6.42 Å². The fourth-order valence-corrected chi connectivity index (χ4v) is 1.78. The van der Waals surface area contributed by atoms with Crippen molar-refractivity contribution in [1.82, 2.24) is 5.32 Å². The van der Waals surface area contributed by atoms with Gasteiger partial charge in [-0.05, 0) is 24.6 Å². The quantitative estimate of drug-likeness (QED) is 0.752. The summed E-state index contributed by atoms with van der Waals surface area (Å²) in [5, 5.41) is 13.5. The molecule has 19 heavy (non-hydrogen) atoms. The Morgan fingerprint density at radius 2 is 2.16 bits per heavy atom. The number of carboxylic acid groups (broad SMARTS) is 1. The van der Waals surface area contributed by atoms with Gasteiger partial charge in [-0.1, -0.05) is 0 Å². The van der Waals surface area contributed by atoms with Crippen LogP contribution in [0.25, 0.3) is 0 Å². The van der Waals surface area contributed by atoms with Gasteiger partial charge in [0.05, 0.1) is 11.3 Å². The fraction of sp³-hybridized carbons (Fsp3) is 0.250. The molecule has 1 heterocycles. The number of benzene rings is 1. The molecule has 1 atom stereocenters. The normalized spacial score (nSPS) is 17.9. The molecule has 6 nitrogen and oxygen atoms in total. The molecule has 1 fully saturated rings. The van der Waals surface area contributed by atoms with Gasteiger partial charge in [0.25, 0.3) is 0 Å². The zero-order chi connectivity index (χ0) is 14.0. The van der Waals surface area contributed by atoms with Gasteiger partial charge in [-0.15, -0.1) is 0 Å². The van der Waals surface area contributed by atoms with Gasteiger partial charge in [0.1, 0.15) is 11.9 Å². The lowest BCUT2D eigenvalue weighted by Gasteiger charge is -2.11. The van der Waals surface area contributed by atoms with Crippen LogP contribution < -0.4 is 10.6 Å². The van der Waals surface area contributed by atoms with Crippen LogP contribution in [0.4, 0.5) is 10.1 Å². The van der Waals surface area contributed by atoms with E-state index in [1.165, 1.54) is 12.1 Å². The molecule has 0 aromatic heterocycles. The molecular weight excluding hydrogens is 255 g/mol. The molecule has 100 valence electrons. The second kappa shape index (κ2) is 5.05. The van der Waals surface area contributed by atoms with Crippen molar-refractivity contribution in [2.45, 2.75) is 18.9 Å². The summed E-state index contributed by atoms with van der Waals surface area (Å²) in [5.41, 5.74) is -0.319. The number of carbonyl (C=O) groups is 3. The predicted octanol–water partition coefficient (Wildman–Crippen LogP) is 0.741. The van der Waals surface area contributed by atoms with Crippen LogP contribution in [0.1, 0.15) is 23.2 Å². The van der Waals surface area contributed by atoms with Crippen molar-refractivity contribution in [1.29, 1.82) is 0 Å². The first-order chi connectivity index (χ1) is 8.97. The van der Waals surface area contributed by atoms with E-state index >= 15 is 0 Å². The maximum absolute atomic E-state index is 13.6. The van der Waals surface area contributed by atoms with Crippen molar-refractivity contribution < 1.29 is 23.9 Å². The van der Waals surface area contributed by atoms with Gasteiger partial charge >= 0.3 is 5.97 Å². The SMILES string of the molecule is O=C1CC[C@@H](C(=O)Nc2ccc(C(=O)O)cc2F)N1. The lowest BCUT2D eigenvalue weighted by atomic mass is 10.1. The van der Waals surface area contributed by atoms with Crippen molar-refractivity contribution in [2.75, 3.05) is 5.32 Å². The summed E-state index contributed by atoms with van der Waals surface area (Å²) in [6.07, 6.45) is 0.623. The molecule has 3 N–H and O–H groups in total. The van der Waals surface area contributed by atoms with Gasteiger partial charge < -0.3 is 15.7 Å². The van der Waals surface area contributed by atoms with Crippen molar-refractivity contribution >= 4 is 23.5 Å². The number of rotatable bonds is 3. The minimum absolute atomic E-state index is 0.115. The van der Waals surface area contributed by atoms with E-state index in [-0.39, 0.29) is 23.6 Å². The van der Waals surface area contributed by atoms with Crippen LogP contribution >= 0.6 is 0 Å². The number of carbonyl (C=O) groups excluding carboxylic acids is 2. The average Bonchev–Trinajstić information content (AvgIpc) is 2.78. The summed E-state index contributed by atoms with van der Waals surface area (Å²) in [5.74, 6) is -2.83. The molecule has 0 saturated carbocycles. The second-order valence-electron chi connectivity index (χ2n) is 4.15. The molecule has 0 aliphatic carbocycles. The van der Waals surface area contributed by atoms with Gasteiger partial charge in [0.15, 0.2) is 0 Å². The van der Waals surface area contributed by atoms with Gasteiger partial charge in [0.2, 0.25) is 11.8 Å². The van der Waals surface area contributed by atoms with E-state index in [9.17, 15) is 18.8 Å². The van der Waals surface area contributed by atoms with Crippen molar-refractivity contribution in [3.63, 3.8) is 0 Å². The summed E-state index contributed by atoms with van der Waals surface area (Å²) in [4.78, 5) is 33.3. The minimum atomic E-state index is -1.25. The number of hydrogen-bond acceptors (Lipinski definition) is 3. The van der Waals surface area contributed by atoms with E-state index in [0.717, 1.165) is 6.07 Å². The number of anilines is 1. The highest BCUT2D eigenvalue weighted by Crippen LogP contribution is 2.17. The molecule has 2 amide bonds. The van der Waals surface area contributed by atoms with Gasteiger partial charge in [-0.2, -0.15) is 0 Å². The second-order valence-corrected chi connectivity index (χ2v) is 4.15. The number of amides is 2. The van der Waals surface area contributed by atoms with Crippen LogP contribution in [0, 0.1) is 5.82 Å². The number of nitrogens with one attached hydrogen (secondary N) is 2. The first-order valence-corrected chi connectivity index (χ1v) is 5.60. The molecule has 1 aliphatic heterocycles. The molecule has 0 spiro atoms. The molecule has 1 saturated heterocycles. The highest BCUT2D eigenvalue weighted by atomic mass is 19.1. The molecule has 1 aromatic carbocycles. The molecular formula is C12H11FN2O4. The molecule has 0 radical (unpaired) electrons. The molecule has 0 bridgehead atoms. The minimum Gasteiger partial charge on any atom is -0.478 e. The zero-order valence-electron chi connectivity index (χ0n) is 9.77. The van der Waals surface area contributed by atoms with E-state index in [1.54, 1.807) is 0 Å². The van der Waals surface area contributed by atoms with Crippen LogP contribution in [-0.2, 0) is 9.59 Å². The average molecular weight is 266 g/mol. The van der Waals surface area contributed by atoms with Crippen molar-refractivity contribution in [3.8, 4) is 0 Å². The highest BCUT2D eigenvalue weighted by Gasteiger charge is 2.27. The summed E-state index contributed by atoms with van der Waals surface area (Å²) < 4.78 is 13.6. The van der Waals surface area contributed by atoms with E-state index < -0.39 is 23.7 Å². The Hall–Kier alpha value is -2.44. The maximum Gasteiger partial charge on any atom is 0.335 e. The standard InChI is InChI=1S/C12H11FN2O4/c13-7-5-6(12(18)19)1-2-8(7)15-11(17)9-3-4-10(16)14-9/h1-2,5,9H,3-4H2,(H,14,16)(H,15,17)(H,18,19)/t9-/m0/s1. The fourth-order valence-electron chi connectivity index (χ4n) is 1.78. The van der Waals surface area contributed by atoms with Crippen molar-refractivity contribution in [3.05, 3.63) is 29.6 Å². The number of carboxylic acids is 1. The summed E-state index contributed by atoms with van der Waals surface area (Å²) in [6.45, 7) is 0. The summed E-state index contributed by atoms with van der Waals surface area (Å²) in [6, 6.07) is 2.51. The maximum atomic E-state index is 13.6. The zero-order valence-corrected chi connectivity index (χ0v) is 9.77. The first kappa shape index (κ1) is 13.0. The van der Waals surface area contributed by atoms with Crippen LogP contribution in [0.15, 0.2) is 18.2 Å². The monoisotopic (exact) mass is 266 g/mol. The van der Waals surface area contributed by atoms with E-state index in [2.05, 4.69) is 10.6 Å². The van der Waals surface area contributed by atoms with Crippen LogP contribution in [0.2, 0.25) is 0 Å². The van der Waals surface area contributed by atoms with Crippen LogP contribution in [0.3, 0.4) is 0 Å². The Balaban J connectivity index is 2.09. The Bertz CT molecular complexity index is 559. The van der Waals surface area contributed by atoms with E-state index in [0.29, 0.717) is 6.42 Å². The van der Waals surface area contributed by atoms with Crippen LogP contribution in [0.5, 0.6) is 0 Å². The van der Waals surface area contributed by atoms with E-state index in [1.807, 2.05) is 0 Å². The van der Waals surface area contributed by atoms with Gasteiger partial charge in [-0.25, -0.2) is 9.18 Å². The lowest BCUT2D eigenvalue weighted by Crippen LogP contribution is -2.37. The Labute approximate surface area is 107 Å². The molecule has 2 rings (SSSR count).